The molecule has 0 aliphatic rings. The van der Waals surface area contributed by atoms with Gasteiger partial charge < -0.3 is 5.11 Å². The number of pyridine rings is 1. The van der Waals surface area contributed by atoms with E-state index in [9.17, 15) is 5.11 Å². The molecule has 0 spiro atoms. The van der Waals surface area contributed by atoms with E-state index in [4.69, 9.17) is 5.26 Å². The standard InChI is InChI=1S/C14H9N3O/c15-9-11-2-1-7-17(11)14-13-8-12(18)4-3-10(13)5-6-16-14/h1-8,18H. The Morgan fingerprint density at radius 1 is 1.22 bits per heavy atom. The fourth-order valence-corrected chi connectivity index (χ4v) is 1.99. The van der Waals surface area contributed by atoms with Gasteiger partial charge in [0.2, 0.25) is 0 Å². The zero-order chi connectivity index (χ0) is 12.5. The molecule has 2 heterocycles. The highest BCUT2D eigenvalue weighted by Gasteiger charge is 2.08. The van der Waals surface area contributed by atoms with Gasteiger partial charge >= 0.3 is 0 Å². The molecule has 1 aromatic carbocycles. The molecule has 0 atom stereocenters. The summed E-state index contributed by atoms with van der Waals surface area (Å²) in [7, 11) is 0. The number of benzene rings is 1. The fourth-order valence-electron chi connectivity index (χ4n) is 1.99. The predicted molar refractivity (Wildman–Crippen MR) is 67.4 cm³/mol. The summed E-state index contributed by atoms with van der Waals surface area (Å²) in [5, 5.41) is 20.4. The molecule has 0 unspecified atom stereocenters. The highest BCUT2D eigenvalue weighted by atomic mass is 16.3. The van der Waals surface area contributed by atoms with Gasteiger partial charge in [-0.15, -0.1) is 0 Å². The lowest BCUT2D eigenvalue weighted by Crippen LogP contribution is -1.99. The minimum Gasteiger partial charge on any atom is -0.508 e. The highest BCUT2D eigenvalue weighted by Crippen LogP contribution is 2.25. The molecule has 1 N–H and O–H groups in total. The summed E-state index contributed by atoms with van der Waals surface area (Å²) >= 11 is 0. The van der Waals surface area contributed by atoms with Crippen LogP contribution in [0.3, 0.4) is 0 Å². The average Bonchev–Trinajstić information content (AvgIpc) is 2.86. The minimum atomic E-state index is 0.183. The molecular formula is C14H9N3O. The third-order valence-corrected chi connectivity index (χ3v) is 2.82. The normalized spacial score (nSPS) is 10.4. The van der Waals surface area contributed by atoms with E-state index in [1.165, 1.54) is 0 Å². The van der Waals surface area contributed by atoms with Crippen molar-refractivity contribution in [3.05, 3.63) is 54.5 Å². The first-order valence-electron chi connectivity index (χ1n) is 5.45. The van der Waals surface area contributed by atoms with Gasteiger partial charge in [-0.05, 0) is 35.7 Å². The third kappa shape index (κ3) is 1.50. The maximum absolute atomic E-state index is 9.58. The van der Waals surface area contributed by atoms with E-state index in [-0.39, 0.29) is 5.75 Å². The van der Waals surface area contributed by atoms with Crippen LogP contribution in [0.2, 0.25) is 0 Å². The van der Waals surface area contributed by atoms with E-state index in [1.807, 2.05) is 12.1 Å². The van der Waals surface area contributed by atoms with Crippen LogP contribution in [0.4, 0.5) is 0 Å². The number of nitrogens with zero attached hydrogens (tertiary/aromatic N) is 3. The van der Waals surface area contributed by atoms with Crippen LogP contribution in [0, 0.1) is 11.3 Å². The third-order valence-electron chi connectivity index (χ3n) is 2.82. The zero-order valence-electron chi connectivity index (χ0n) is 9.41. The van der Waals surface area contributed by atoms with Crippen molar-refractivity contribution in [1.29, 1.82) is 5.26 Å². The van der Waals surface area contributed by atoms with Crippen LogP contribution < -0.4 is 0 Å². The van der Waals surface area contributed by atoms with E-state index in [0.29, 0.717) is 11.5 Å². The van der Waals surface area contributed by atoms with Crippen molar-refractivity contribution < 1.29 is 5.11 Å². The zero-order valence-corrected chi connectivity index (χ0v) is 9.41. The smallest absolute Gasteiger partial charge is 0.145 e. The summed E-state index contributed by atoms with van der Waals surface area (Å²) in [6.07, 6.45) is 3.47. The first-order chi connectivity index (χ1) is 8.79. The van der Waals surface area contributed by atoms with Gasteiger partial charge in [-0.2, -0.15) is 5.26 Å². The number of aromatic hydroxyl groups is 1. The van der Waals surface area contributed by atoms with Crippen molar-refractivity contribution >= 4 is 10.8 Å². The van der Waals surface area contributed by atoms with E-state index in [2.05, 4.69) is 11.1 Å². The van der Waals surface area contributed by atoms with Gasteiger partial charge in [0, 0.05) is 17.8 Å². The first kappa shape index (κ1) is 10.4. The number of nitriles is 1. The Labute approximate surface area is 103 Å². The van der Waals surface area contributed by atoms with Gasteiger partial charge in [0.05, 0.1) is 0 Å². The van der Waals surface area contributed by atoms with E-state index in [0.717, 1.165) is 10.8 Å². The molecule has 4 nitrogen and oxygen atoms in total. The first-order valence-corrected chi connectivity index (χ1v) is 5.45. The van der Waals surface area contributed by atoms with Gasteiger partial charge in [0.25, 0.3) is 0 Å². The van der Waals surface area contributed by atoms with Crippen LogP contribution in [-0.2, 0) is 0 Å². The van der Waals surface area contributed by atoms with Crippen LogP contribution in [0.25, 0.3) is 16.6 Å². The average molecular weight is 235 g/mol. The molecule has 4 heteroatoms. The van der Waals surface area contributed by atoms with E-state index < -0.39 is 0 Å². The Kier molecular flexibility index (Phi) is 2.24. The number of hydrogen-bond acceptors (Lipinski definition) is 3. The lowest BCUT2D eigenvalue weighted by atomic mass is 10.1. The van der Waals surface area contributed by atoms with Crippen LogP contribution >= 0.6 is 0 Å². The molecule has 0 bridgehead atoms. The second-order valence-corrected chi connectivity index (χ2v) is 3.92. The molecular weight excluding hydrogens is 226 g/mol. The molecule has 3 aromatic rings. The summed E-state index contributed by atoms with van der Waals surface area (Å²) in [5.74, 6) is 0.826. The van der Waals surface area contributed by atoms with Gasteiger partial charge in [0.1, 0.15) is 23.3 Å². The Bertz CT molecular complexity index is 768. The Hall–Kier alpha value is -2.80. The summed E-state index contributed by atoms with van der Waals surface area (Å²) < 4.78 is 1.71. The largest absolute Gasteiger partial charge is 0.508 e. The number of rotatable bonds is 1. The van der Waals surface area contributed by atoms with Gasteiger partial charge in [0.15, 0.2) is 0 Å². The fraction of sp³-hybridized carbons (Fsp3) is 0. The van der Waals surface area contributed by atoms with Gasteiger partial charge in [-0.3, -0.25) is 4.57 Å². The van der Waals surface area contributed by atoms with Crippen molar-refractivity contribution in [2.24, 2.45) is 0 Å². The summed E-state index contributed by atoms with van der Waals surface area (Å²) in [4.78, 5) is 4.30. The molecule has 3 rings (SSSR count). The topological polar surface area (TPSA) is 61.8 Å². The van der Waals surface area contributed by atoms with Crippen LogP contribution in [-0.4, -0.2) is 14.7 Å². The van der Waals surface area contributed by atoms with E-state index >= 15 is 0 Å². The number of phenols is 1. The Balaban J connectivity index is 2.36. The summed E-state index contributed by atoms with van der Waals surface area (Å²) in [6, 6.07) is 12.6. The van der Waals surface area contributed by atoms with Crippen LogP contribution in [0.1, 0.15) is 5.69 Å². The van der Waals surface area contributed by atoms with Gasteiger partial charge in [-0.1, -0.05) is 6.07 Å². The molecule has 0 amide bonds. The molecule has 0 radical (unpaired) electrons. The lowest BCUT2D eigenvalue weighted by Gasteiger charge is -2.08. The number of fused-ring (bicyclic) bond motifs is 1. The monoisotopic (exact) mass is 235 g/mol. The summed E-state index contributed by atoms with van der Waals surface area (Å²) in [5.41, 5.74) is 0.512. The van der Waals surface area contributed by atoms with Crippen LogP contribution in [0.15, 0.2) is 48.8 Å². The lowest BCUT2D eigenvalue weighted by molar-refractivity contribution is 0.476. The Morgan fingerprint density at radius 2 is 2.11 bits per heavy atom. The number of aromatic nitrogens is 2. The summed E-state index contributed by atoms with van der Waals surface area (Å²) in [6.45, 7) is 0. The molecule has 0 fully saturated rings. The van der Waals surface area contributed by atoms with Crippen molar-refractivity contribution in [2.45, 2.75) is 0 Å². The minimum absolute atomic E-state index is 0.183. The molecule has 2 aromatic heterocycles. The van der Waals surface area contributed by atoms with Crippen molar-refractivity contribution in [1.82, 2.24) is 9.55 Å². The molecule has 0 saturated carbocycles. The molecule has 0 aliphatic heterocycles. The van der Waals surface area contributed by atoms with Crippen LogP contribution in [0.5, 0.6) is 5.75 Å². The maximum atomic E-state index is 9.58. The quantitative estimate of drug-likeness (QED) is 0.705. The molecule has 0 aliphatic carbocycles. The van der Waals surface area contributed by atoms with Crippen molar-refractivity contribution in [3.63, 3.8) is 0 Å². The maximum Gasteiger partial charge on any atom is 0.145 e. The van der Waals surface area contributed by atoms with Crippen molar-refractivity contribution in [3.8, 4) is 17.6 Å². The molecule has 86 valence electrons. The van der Waals surface area contributed by atoms with Gasteiger partial charge in [-0.25, -0.2) is 4.98 Å². The van der Waals surface area contributed by atoms with E-state index in [1.54, 1.807) is 41.2 Å². The Morgan fingerprint density at radius 3 is 2.94 bits per heavy atom. The van der Waals surface area contributed by atoms with Crippen molar-refractivity contribution in [2.75, 3.05) is 0 Å². The second-order valence-electron chi connectivity index (χ2n) is 3.92. The molecule has 18 heavy (non-hydrogen) atoms. The number of hydrogen-bond donors (Lipinski definition) is 1. The molecule has 0 saturated heterocycles. The highest BCUT2D eigenvalue weighted by molar-refractivity contribution is 5.89. The number of phenolic OH excluding ortho intramolecular Hbond substituents is 1. The second kappa shape index (κ2) is 3.90. The SMILES string of the molecule is N#Cc1cccn1-c1nccc2ccc(O)cc12. The predicted octanol–water partition coefficient (Wildman–Crippen LogP) is 2.60.